The van der Waals surface area contributed by atoms with Gasteiger partial charge in [-0.1, -0.05) is 18.5 Å². The van der Waals surface area contributed by atoms with Crippen molar-refractivity contribution in [2.75, 3.05) is 31.6 Å². The number of hydrogen-bond acceptors (Lipinski definition) is 3. The summed E-state index contributed by atoms with van der Waals surface area (Å²) in [5.74, 6) is 1.37. The summed E-state index contributed by atoms with van der Waals surface area (Å²) in [6, 6.07) is 6.49. The van der Waals surface area contributed by atoms with Gasteiger partial charge in [0, 0.05) is 24.8 Å². The molecule has 2 atom stereocenters. The average molecular weight is 269 g/mol. The van der Waals surface area contributed by atoms with Crippen LogP contribution in [0.5, 0.6) is 5.75 Å². The molecule has 0 amide bonds. The fourth-order valence-electron chi connectivity index (χ4n) is 2.42. The second-order valence-corrected chi connectivity index (χ2v) is 5.49. The molecule has 1 aromatic rings. The number of methoxy groups -OCH3 is 1. The molecule has 1 aliphatic rings. The molecule has 0 aliphatic carbocycles. The summed E-state index contributed by atoms with van der Waals surface area (Å²) in [6.45, 7) is 7.64. The SMILES string of the molecule is COc1ccc(N2CC(C)CNCC2C)cc1Cl. The van der Waals surface area contributed by atoms with Crippen molar-refractivity contribution >= 4 is 17.3 Å². The molecule has 1 fully saturated rings. The summed E-state index contributed by atoms with van der Waals surface area (Å²) >= 11 is 6.21. The molecule has 1 N–H and O–H groups in total. The van der Waals surface area contributed by atoms with Crippen LogP contribution in [0.4, 0.5) is 5.69 Å². The van der Waals surface area contributed by atoms with Gasteiger partial charge >= 0.3 is 0 Å². The maximum absolute atomic E-state index is 6.21. The highest BCUT2D eigenvalue weighted by Gasteiger charge is 2.21. The Labute approximate surface area is 114 Å². The van der Waals surface area contributed by atoms with Crippen molar-refractivity contribution in [3.8, 4) is 5.75 Å². The number of ether oxygens (including phenoxy) is 1. The number of nitrogens with one attached hydrogen (secondary N) is 1. The van der Waals surface area contributed by atoms with Gasteiger partial charge in [-0.15, -0.1) is 0 Å². The van der Waals surface area contributed by atoms with Crippen LogP contribution in [0.3, 0.4) is 0 Å². The molecule has 18 heavy (non-hydrogen) atoms. The number of anilines is 1. The van der Waals surface area contributed by atoms with Crippen molar-refractivity contribution in [1.82, 2.24) is 5.32 Å². The molecule has 1 aromatic carbocycles. The van der Waals surface area contributed by atoms with Crippen LogP contribution in [-0.4, -0.2) is 32.8 Å². The van der Waals surface area contributed by atoms with E-state index in [2.05, 4.69) is 30.1 Å². The molecule has 2 rings (SSSR count). The van der Waals surface area contributed by atoms with Gasteiger partial charge < -0.3 is 15.0 Å². The minimum absolute atomic E-state index is 0.472. The van der Waals surface area contributed by atoms with Gasteiger partial charge in [0.2, 0.25) is 0 Å². The third-order valence-electron chi connectivity index (χ3n) is 3.44. The highest BCUT2D eigenvalue weighted by atomic mass is 35.5. The molecule has 0 bridgehead atoms. The largest absolute Gasteiger partial charge is 0.495 e. The lowest BCUT2D eigenvalue weighted by atomic mass is 10.1. The van der Waals surface area contributed by atoms with Gasteiger partial charge in [-0.25, -0.2) is 0 Å². The molecule has 4 heteroatoms. The predicted molar refractivity (Wildman–Crippen MR) is 76.8 cm³/mol. The van der Waals surface area contributed by atoms with Gasteiger partial charge in [-0.2, -0.15) is 0 Å². The first kappa shape index (κ1) is 13.5. The Kier molecular flexibility index (Phi) is 4.36. The first-order valence-corrected chi connectivity index (χ1v) is 6.80. The van der Waals surface area contributed by atoms with Crippen molar-refractivity contribution in [2.45, 2.75) is 19.9 Å². The van der Waals surface area contributed by atoms with E-state index >= 15 is 0 Å². The average Bonchev–Trinajstić information content (AvgIpc) is 2.51. The van der Waals surface area contributed by atoms with Crippen LogP contribution in [0.2, 0.25) is 5.02 Å². The van der Waals surface area contributed by atoms with Crippen molar-refractivity contribution < 1.29 is 4.74 Å². The van der Waals surface area contributed by atoms with Crippen molar-refractivity contribution in [2.24, 2.45) is 5.92 Å². The van der Waals surface area contributed by atoms with Gasteiger partial charge in [0.05, 0.1) is 12.1 Å². The third kappa shape index (κ3) is 2.90. The number of nitrogens with zero attached hydrogens (tertiary/aromatic N) is 1. The fourth-order valence-corrected chi connectivity index (χ4v) is 2.67. The first-order valence-electron chi connectivity index (χ1n) is 6.42. The number of benzene rings is 1. The van der Waals surface area contributed by atoms with E-state index in [4.69, 9.17) is 16.3 Å². The summed E-state index contributed by atoms with van der Waals surface area (Å²) in [4.78, 5) is 2.41. The Morgan fingerprint density at radius 2 is 2.11 bits per heavy atom. The second kappa shape index (κ2) is 5.81. The second-order valence-electron chi connectivity index (χ2n) is 5.08. The molecule has 0 aromatic heterocycles. The molecule has 100 valence electrons. The maximum atomic E-state index is 6.21. The molecule has 0 saturated carbocycles. The molecular weight excluding hydrogens is 248 g/mol. The fraction of sp³-hybridized carbons (Fsp3) is 0.571. The highest BCUT2D eigenvalue weighted by Crippen LogP contribution is 2.30. The Morgan fingerprint density at radius 3 is 2.78 bits per heavy atom. The first-order chi connectivity index (χ1) is 8.61. The lowest BCUT2D eigenvalue weighted by Crippen LogP contribution is -2.37. The summed E-state index contributed by atoms with van der Waals surface area (Å²) < 4.78 is 5.20. The van der Waals surface area contributed by atoms with Gasteiger partial charge in [0.1, 0.15) is 5.75 Å². The third-order valence-corrected chi connectivity index (χ3v) is 3.74. The monoisotopic (exact) mass is 268 g/mol. The number of hydrogen-bond donors (Lipinski definition) is 1. The van der Waals surface area contributed by atoms with Gasteiger partial charge in [0.15, 0.2) is 0 Å². The zero-order chi connectivity index (χ0) is 13.1. The van der Waals surface area contributed by atoms with E-state index in [-0.39, 0.29) is 0 Å². The standard InChI is InChI=1S/C14H21ClN2O/c1-10-7-16-8-11(2)17(9-10)12-4-5-14(18-3)13(15)6-12/h4-6,10-11,16H,7-9H2,1-3H3. The smallest absolute Gasteiger partial charge is 0.137 e. The normalized spacial score (nSPS) is 24.8. The predicted octanol–water partition coefficient (Wildman–Crippen LogP) is 2.78. The van der Waals surface area contributed by atoms with E-state index in [0.29, 0.717) is 17.0 Å². The van der Waals surface area contributed by atoms with Crippen molar-refractivity contribution in [3.05, 3.63) is 23.2 Å². The van der Waals surface area contributed by atoms with Crippen molar-refractivity contribution in [3.63, 3.8) is 0 Å². The summed E-state index contributed by atoms with van der Waals surface area (Å²) in [5.41, 5.74) is 1.17. The molecule has 1 heterocycles. The molecular formula is C14H21ClN2O. The minimum Gasteiger partial charge on any atom is -0.495 e. The van der Waals surface area contributed by atoms with Gasteiger partial charge in [0.25, 0.3) is 0 Å². The van der Waals surface area contributed by atoms with Crippen molar-refractivity contribution in [1.29, 1.82) is 0 Å². The van der Waals surface area contributed by atoms with Crippen LogP contribution in [0.15, 0.2) is 18.2 Å². The quantitative estimate of drug-likeness (QED) is 0.893. The minimum atomic E-state index is 0.472. The van der Waals surface area contributed by atoms with E-state index in [0.717, 1.165) is 25.4 Å². The van der Waals surface area contributed by atoms with E-state index in [1.165, 1.54) is 5.69 Å². The van der Waals surface area contributed by atoms with Crippen LogP contribution in [0, 0.1) is 5.92 Å². The van der Waals surface area contributed by atoms with Crippen LogP contribution < -0.4 is 15.0 Å². The lowest BCUT2D eigenvalue weighted by Gasteiger charge is -2.30. The van der Waals surface area contributed by atoms with Crippen LogP contribution >= 0.6 is 11.6 Å². The Morgan fingerprint density at radius 1 is 1.33 bits per heavy atom. The molecule has 0 spiro atoms. The topological polar surface area (TPSA) is 24.5 Å². The summed E-state index contributed by atoms with van der Waals surface area (Å²) in [6.07, 6.45) is 0. The highest BCUT2D eigenvalue weighted by molar-refractivity contribution is 6.32. The molecule has 1 saturated heterocycles. The maximum Gasteiger partial charge on any atom is 0.137 e. The van der Waals surface area contributed by atoms with Crippen LogP contribution in [0.25, 0.3) is 0 Å². The summed E-state index contributed by atoms with van der Waals surface area (Å²) in [5, 5.41) is 4.16. The Balaban J connectivity index is 2.25. The number of rotatable bonds is 2. The zero-order valence-corrected chi connectivity index (χ0v) is 12.0. The van der Waals surface area contributed by atoms with E-state index in [1.807, 2.05) is 12.1 Å². The van der Waals surface area contributed by atoms with E-state index in [9.17, 15) is 0 Å². The van der Waals surface area contributed by atoms with E-state index < -0.39 is 0 Å². The Bertz CT molecular complexity index is 411. The summed E-state index contributed by atoms with van der Waals surface area (Å²) in [7, 11) is 1.64. The van der Waals surface area contributed by atoms with E-state index in [1.54, 1.807) is 7.11 Å². The van der Waals surface area contributed by atoms with Crippen LogP contribution in [0.1, 0.15) is 13.8 Å². The zero-order valence-electron chi connectivity index (χ0n) is 11.2. The number of halogens is 1. The molecule has 3 nitrogen and oxygen atoms in total. The molecule has 2 unspecified atom stereocenters. The molecule has 1 aliphatic heterocycles. The van der Waals surface area contributed by atoms with Crippen LogP contribution in [-0.2, 0) is 0 Å². The van der Waals surface area contributed by atoms with Gasteiger partial charge in [-0.3, -0.25) is 0 Å². The Hall–Kier alpha value is -0.930. The lowest BCUT2D eigenvalue weighted by molar-refractivity contribution is 0.415. The molecule has 0 radical (unpaired) electrons. The van der Waals surface area contributed by atoms with Gasteiger partial charge in [-0.05, 0) is 37.6 Å².